The molecule has 0 saturated heterocycles. The summed E-state index contributed by atoms with van der Waals surface area (Å²) in [6.07, 6.45) is 1.06. The summed E-state index contributed by atoms with van der Waals surface area (Å²) in [6.45, 7) is 6.94. The molecule has 0 aliphatic carbocycles. The van der Waals surface area contributed by atoms with Gasteiger partial charge in [-0.05, 0) is 50.3 Å². The second-order valence-corrected chi connectivity index (χ2v) is 10.7. The summed E-state index contributed by atoms with van der Waals surface area (Å²) in [6, 6.07) is 17.5. The van der Waals surface area contributed by atoms with Gasteiger partial charge >= 0.3 is 6.09 Å². The van der Waals surface area contributed by atoms with Crippen molar-refractivity contribution in [2.24, 2.45) is 5.92 Å². The molecule has 2 aromatic carbocycles. The van der Waals surface area contributed by atoms with Gasteiger partial charge in [0.2, 0.25) is 15.9 Å². The zero-order valence-electron chi connectivity index (χ0n) is 19.2. The highest BCUT2D eigenvalue weighted by Gasteiger charge is 2.25. The van der Waals surface area contributed by atoms with Crippen LogP contribution in [-0.4, -0.2) is 38.3 Å². The molecule has 7 nitrogen and oxygen atoms in total. The van der Waals surface area contributed by atoms with Crippen LogP contribution in [0.2, 0.25) is 0 Å². The number of carbonyl (C=O) groups excluding carboxylic acids is 2. The maximum absolute atomic E-state index is 12.3. The third-order valence-corrected chi connectivity index (χ3v) is 5.21. The van der Waals surface area contributed by atoms with E-state index in [0.29, 0.717) is 6.42 Å². The first-order chi connectivity index (χ1) is 14.8. The van der Waals surface area contributed by atoms with Crippen LogP contribution >= 0.6 is 0 Å². The Kier molecular flexibility index (Phi) is 8.44. The predicted molar refractivity (Wildman–Crippen MR) is 126 cm³/mol. The Morgan fingerprint density at radius 2 is 1.53 bits per heavy atom. The molecule has 0 fully saturated rings. The average molecular weight is 461 g/mol. The standard InChI is InChI=1S/C24H32N2O5S/c1-17(22(27)26-32(5,29)30)15-21(25-23(28)31-24(2,3)4)16-18-11-13-20(14-12-18)19-9-7-6-8-10-19/h6-14,17,21H,15-16H2,1-5H3,(H,25,28)(H,26,27)/t17-,21?/m1/s1. The molecule has 0 aromatic heterocycles. The number of sulfonamides is 1. The van der Waals surface area contributed by atoms with E-state index in [-0.39, 0.29) is 6.42 Å². The summed E-state index contributed by atoms with van der Waals surface area (Å²) in [7, 11) is -3.65. The third kappa shape index (κ3) is 9.09. The monoisotopic (exact) mass is 460 g/mol. The van der Waals surface area contributed by atoms with Crippen LogP contribution in [0.3, 0.4) is 0 Å². The molecule has 8 heteroatoms. The van der Waals surface area contributed by atoms with Gasteiger partial charge in [-0.25, -0.2) is 13.2 Å². The molecule has 2 atom stereocenters. The maximum atomic E-state index is 12.3. The van der Waals surface area contributed by atoms with Gasteiger partial charge in [0.05, 0.1) is 6.26 Å². The van der Waals surface area contributed by atoms with Gasteiger partial charge < -0.3 is 10.1 Å². The second kappa shape index (κ2) is 10.6. The van der Waals surface area contributed by atoms with Crippen LogP contribution in [0, 0.1) is 5.92 Å². The minimum absolute atomic E-state index is 0.251. The lowest BCUT2D eigenvalue weighted by Gasteiger charge is -2.25. The van der Waals surface area contributed by atoms with Gasteiger partial charge in [-0.15, -0.1) is 0 Å². The minimum Gasteiger partial charge on any atom is -0.444 e. The van der Waals surface area contributed by atoms with E-state index in [2.05, 4.69) is 5.32 Å². The highest BCUT2D eigenvalue weighted by molar-refractivity contribution is 7.89. The highest BCUT2D eigenvalue weighted by Crippen LogP contribution is 2.21. The first kappa shape index (κ1) is 25.4. The smallest absolute Gasteiger partial charge is 0.407 e. The van der Waals surface area contributed by atoms with E-state index < -0.39 is 39.6 Å². The van der Waals surface area contributed by atoms with Crippen molar-refractivity contribution in [2.75, 3.05) is 6.26 Å². The molecule has 2 rings (SSSR count). The van der Waals surface area contributed by atoms with Gasteiger partial charge in [0.1, 0.15) is 5.60 Å². The zero-order chi connectivity index (χ0) is 23.9. The number of carbonyl (C=O) groups is 2. The van der Waals surface area contributed by atoms with E-state index in [1.54, 1.807) is 27.7 Å². The molecule has 0 radical (unpaired) electrons. The van der Waals surface area contributed by atoms with Gasteiger partial charge in [0.15, 0.2) is 0 Å². The van der Waals surface area contributed by atoms with Crippen molar-refractivity contribution in [1.29, 1.82) is 0 Å². The number of ether oxygens (including phenoxy) is 1. The highest BCUT2D eigenvalue weighted by atomic mass is 32.2. The average Bonchev–Trinajstić information content (AvgIpc) is 2.66. The van der Waals surface area contributed by atoms with Crippen LogP contribution in [0.25, 0.3) is 11.1 Å². The van der Waals surface area contributed by atoms with Crippen LogP contribution in [-0.2, 0) is 26.0 Å². The number of benzene rings is 2. The lowest BCUT2D eigenvalue weighted by molar-refractivity contribution is -0.123. The van der Waals surface area contributed by atoms with Crippen LogP contribution in [0.1, 0.15) is 39.7 Å². The molecule has 2 N–H and O–H groups in total. The minimum atomic E-state index is -3.65. The van der Waals surface area contributed by atoms with Gasteiger partial charge in [0.25, 0.3) is 0 Å². The van der Waals surface area contributed by atoms with Gasteiger partial charge in [-0.1, -0.05) is 61.5 Å². The van der Waals surface area contributed by atoms with Crippen LogP contribution < -0.4 is 10.0 Å². The topological polar surface area (TPSA) is 102 Å². The van der Waals surface area contributed by atoms with E-state index in [1.807, 2.05) is 59.3 Å². The largest absolute Gasteiger partial charge is 0.444 e. The number of alkyl carbamates (subject to hydrolysis) is 1. The van der Waals surface area contributed by atoms with Gasteiger partial charge in [-0.3, -0.25) is 9.52 Å². The summed E-state index contributed by atoms with van der Waals surface area (Å²) in [4.78, 5) is 24.6. The Bertz CT molecular complexity index is 1010. The van der Waals surface area contributed by atoms with Crippen molar-refractivity contribution in [3.05, 3.63) is 60.2 Å². The number of amides is 2. The van der Waals surface area contributed by atoms with Crippen molar-refractivity contribution in [2.45, 2.75) is 52.2 Å². The van der Waals surface area contributed by atoms with E-state index in [0.717, 1.165) is 22.9 Å². The van der Waals surface area contributed by atoms with Crippen LogP contribution in [0.4, 0.5) is 4.79 Å². The summed E-state index contributed by atoms with van der Waals surface area (Å²) in [5, 5.41) is 2.83. The zero-order valence-corrected chi connectivity index (χ0v) is 20.0. The van der Waals surface area contributed by atoms with Crippen molar-refractivity contribution < 1.29 is 22.7 Å². The molecule has 32 heavy (non-hydrogen) atoms. The Labute approximate surface area is 190 Å². The van der Waals surface area contributed by atoms with E-state index >= 15 is 0 Å². The Morgan fingerprint density at radius 1 is 0.969 bits per heavy atom. The summed E-state index contributed by atoms with van der Waals surface area (Å²) in [5.74, 6) is -1.24. The van der Waals surface area contributed by atoms with Gasteiger partial charge in [0, 0.05) is 12.0 Å². The molecule has 2 amide bonds. The van der Waals surface area contributed by atoms with Crippen molar-refractivity contribution in [3.8, 4) is 11.1 Å². The molecule has 1 unspecified atom stereocenters. The fourth-order valence-electron chi connectivity index (χ4n) is 3.23. The molecule has 174 valence electrons. The fourth-order valence-corrected chi connectivity index (χ4v) is 3.80. The number of hydrogen-bond acceptors (Lipinski definition) is 5. The van der Waals surface area contributed by atoms with E-state index in [1.165, 1.54) is 0 Å². The second-order valence-electron chi connectivity index (χ2n) is 8.99. The number of rotatable bonds is 8. The lowest BCUT2D eigenvalue weighted by Crippen LogP contribution is -2.43. The molecule has 0 saturated carbocycles. The molecule has 0 aliphatic rings. The molecular weight excluding hydrogens is 428 g/mol. The third-order valence-electron chi connectivity index (χ3n) is 4.64. The molecule has 0 heterocycles. The SMILES string of the molecule is C[C@H](CC(Cc1ccc(-c2ccccc2)cc1)NC(=O)OC(C)(C)C)C(=O)NS(C)(=O)=O. The Hall–Kier alpha value is -2.87. The molecule has 0 spiro atoms. The van der Waals surface area contributed by atoms with Crippen molar-refractivity contribution >= 4 is 22.0 Å². The molecule has 2 aromatic rings. The summed E-state index contributed by atoms with van der Waals surface area (Å²) < 4.78 is 30.1. The first-order valence-corrected chi connectivity index (χ1v) is 12.4. The predicted octanol–water partition coefficient (Wildman–Crippen LogP) is 3.89. The Morgan fingerprint density at radius 3 is 2.06 bits per heavy atom. The first-order valence-electron chi connectivity index (χ1n) is 10.5. The Balaban J connectivity index is 2.14. The quantitative estimate of drug-likeness (QED) is 0.622. The van der Waals surface area contributed by atoms with Crippen LogP contribution in [0.5, 0.6) is 0 Å². The normalized spacial score (nSPS) is 13.7. The molecular formula is C24H32N2O5S. The number of hydrogen-bond donors (Lipinski definition) is 2. The van der Waals surface area contributed by atoms with Crippen molar-refractivity contribution in [3.63, 3.8) is 0 Å². The fraction of sp³-hybridized carbons (Fsp3) is 0.417. The summed E-state index contributed by atoms with van der Waals surface area (Å²) in [5.41, 5.74) is 2.49. The maximum Gasteiger partial charge on any atom is 0.407 e. The molecule has 0 bridgehead atoms. The van der Waals surface area contributed by atoms with Gasteiger partial charge in [-0.2, -0.15) is 0 Å². The van der Waals surface area contributed by atoms with Crippen molar-refractivity contribution in [1.82, 2.24) is 10.0 Å². The van der Waals surface area contributed by atoms with E-state index in [9.17, 15) is 18.0 Å². The molecule has 0 aliphatic heterocycles. The van der Waals surface area contributed by atoms with Crippen LogP contribution in [0.15, 0.2) is 54.6 Å². The lowest BCUT2D eigenvalue weighted by atomic mass is 9.94. The summed E-state index contributed by atoms with van der Waals surface area (Å²) >= 11 is 0. The van der Waals surface area contributed by atoms with E-state index in [4.69, 9.17) is 4.74 Å². The number of nitrogens with one attached hydrogen (secondary N) is 2.